The molecular weight excluding hydrogens is 222 g/mol. The first-order valence-electron chi connectivity index (χ1n) is 4.12. The lowest BCUT2D eigenvalue weighted by molar-refractivity contribution is -0.134. The molecule has 1 aromatic rings. The third-order valence-corrected chi connectivity index (χ3v) is 2.94. The van der Waals surface area contributed by atoms with Crippen LogP contribution < -0.4 is 4.72 Å². The van der Waals surface area contributed by atoms with Crippen molar-refractivity contribution in [1.29, 1.82) is 0 Å². The molecule has 3 N–H and O–H groups in total. The van der Waals surface area contributed by atoms with Gasteiger partial charge in [0.2, 0.25) is 10.0 Å². The van der Waals surface area contributed by atoms with Crippen molar-refractivity contribution < 1.29 is 18.3 Å². The van der Waals surface area contributed by atoms with Gasteiger partial charge >= 0.3 is 5.97 Å². The van der Waals surface area contributed by atoms with Crippen LogP contribution in [0.3, 0.4) is 0 Å². The van der Waals surface area contributed by atoms with Gasteiger partial charge in [0.15, 0.2) is 5.75 Å². The summed E-state index contributed by atoms with van der Waals surface area (Å²) in [7, 11) is -3.82. The van der Waals surface area contributed by atoms with Gasteiger partial charge in [-0.25, -0.2) is 18.1 Å². The number of sulfonamides is 1. The maximum Gasteiger partial charge on any atom is 0.320 e. The molecule has 1 heterocycles. The van der Waals surface area contributed by atoms with E-state index in [0.717, 1.165) is 0 Å². The number of imidazole rings is 1. The number of hydrogen-bond donors (Lipinski definition) is 3. The monoisotopic (exact) mass is 233 g/mol. The van der Waals surface area contributed by atoms with Crippen LogP contribution in [0.2, 0.25) is 0 Å². The van der Waals surface area contributed by atoms with Gasteiger partial charge in [-0.2, -0.15) is 0 Å². The standard InChI is InChI=1S/C7H11N3O4S/c1-5(7-8-2-3-9-7)10-15(13,14)4-6(11)12/h2-3,5,10H,4H2,1H3,(H,8,9)(H,11,12). The largest absolute Gasteiger partial charge is 0.480 e. The maximum absolute atomic E-state index is 11.2. The smallest absolute Gasteiger partial charge is 0.320 e. The molecule has 84 valence electrons. The number of carboxylic acid groups (broad SMARTS) is 1. The van der Waals surface area contributed by atoms with E-state index >= 15 is 0 Å². The molecule has 7 nitrogen and oxygen atoms in total. The maximum atomic E-state index is 11.2. The van der Waals surface area contributed by atoms with E-state index in [1.54, 1.807) is 13.1 Å². The minimum Gasteiger partial charge on any atom is -0.480 e. The van der Waals surface area contributed by atoms with Crippen molar-refractivity contribution >= 4 is 16.0 Å². The van der Waals surface area contributed by atoms with E-state index < -0.39 is 27.8 Å². The van der Waals surface area contributed by atoms with Gasteiger partial charge in [-0.15, -0.1) is 0 Å². The summed E-state index contributed by atoms with van der Waals surface area (Å²) in [5.74, 6) is -1.91. The molecule has 0 aromatic carbocycles. The Morgan fingerprint density at radius 2 is 2.40 bits per heavy atom. The molecule has 0 radical (unpaired) electrons. The third-order valence-electron chi connectivity index (χ3n) is 1.60. The average molecular weight is 233 g/mol. The molecule has 0 saturated heterocycles. The highest BCUT2D eigenvalue weighted by molar-refractivity contribution is 7.90. The topological polar surface area (TPSA) is 112 Å². The van der Waals surface area contributed by atoms with Crippen LogP contribution in [0.4, 0.5) is 0 Å². The second-order valence-corrected chi connectivity index (χ2v) is 4.72. The van der Waals surface area contributed by atoms with E-state index in [1.165, 1.54) is 6.20 Å². The molecule has 8 heteroatoms. The van der Waals surface area contributed by atoms with Gasteiger partial charge in [-0.1, -0.05) is 0 Å². The highest BCUT2D eigenvalue weighted by Gasteiger charge is 2.20. The number of aromatic amines is 1. The van der Waals surface area contributed by atoms with E-state index in [0.29, 0.717) is 5.82 Å². The minimum absolute atomic E-state index is 0.434. The number of H-pyrrole nitrogens is 1. The molecule has 0 fully saturated rings. The molecule has 0 spiro atoms. The molecule has 0 saturated carbocycles. The Hall–Kier alpha value is -1.41. The first-order chi connectivity index (χ1) is 6.91. The lowest BCUT2D eigenvalue weighted by atomic mass is 10.3. The Balaban J connectivity index is 2.66. The number of nitrogens with zero attached hydrogens (tertiary/aromatic N) is 1. The molecule has 1 aromatic heterocycles. The fourth-order valence-corrected chi connectivity index (χ4v) is 2.10. The van der Waals surface area contributed by atoms with Gasteiger partial charge in [-0.05, 0) is 6.92 Å². The number of aliphatic carboxylic acids is 1. The van der Waals surface area contributed by atoms with Gasteiger partial charge in [0.25, 0.3) is 0 Å². The summed E-state index contributed by atoms with van der Waals surface area (Å²) in [6.45, 7) is 1.57. The lowest BCUT2D eigenvalue weighted by Gasteiger charge is -2.10. The van der Waals surface area contributed by atoms with Crippen LogP contribution in [-0.2, 0) is 14.8 Å². The van der Waals surface area contributed by atoms with Crippen molar-refractivity contribution in [3.8, 4) is 0 Å². The van der Waals surface area contributed by atoms with Crippen LogP contribution in [0.25, 0.3) is 0 Å². The quantitative estimate of drug-likeness (QED) is 0.633. The summed E-state index contributed by atoms with van der Waals surface area (Å²) in [5.41, 5.74) is 0. The SMILES string of the molecule is CC(NS(=O)(=O)CC(=O)O)c1ncc[nH]1. The molecule has 1 unspecified atom stereocenters. The normalized spacial score (nSPS) is 13.7. The van der Waals surface area contributed by atoms with E-state index in [2.05, 4.69) is 14.7 Å². The number of rotatable bonds is 5. The Labute approximate surface area is 86.6 Å². The Kier molecular flexibility index (Phi) is 3.43. The van der Waals surface area contributed by atoms with E-state index in [1.807, 2.05) is 0 Å². The average Bonchev–Trinajstić information content (AvgIpc) is 2.50. The van der Waals surface area contributed by atoms with Crippen molar-refractivity contribution in [2.75, 3.05) is 5.75 Å². The molecule has 0 aliphatic rings. The van der Waals surface area contributed by atoms with Crippen LogP contribution in [0.1, 0.15) is 18.8 Å². The van der Waals surface area contributed by atoms with Crippen LogP contribution >= 0.6 is 0 Å². The lowest BCUT2D eigenvalue weighted by Crippen LogP contribution is -2.32. The first-order valence-corrected chi connectivity index (χ1v) is 5.77. The number of carboxylic acids is 1. The number of nitrogens with one attached hydrogen (secondary N) is 2. The first kappa shape index (κ1) is 11.7. The zero-order valence-corrected chi connectivity index (χ0v) is 8.78. The summed E-state index contributed by atoms with van der Waals surface area (Å²) in [6, 6.07) is -0.579. The van der Waals surface area contributed by atoms with Gasteiger partial charge in [-0.3, -0.25) is 4.79 Å². The molecular formula is C7H11N3O4S. The fraction of sp³-hybridized carbons (Fsp3) is 0.429. The molecule has 0 amide bonds. The summed E-state index contributed by atoms with van der Waals surface area (Å²) in [5, 5.41) is 8.35. The van der Waals surface area contributed by atoms with Gasteiger partial charge < -0.3 is 10.1 Å². The van der Waals surface area contributed by atoms with Crippen molar-refractivity contribution in [3.05, 3.63) is 18.2 Å². The third kappa shape index (κ3) is 3.68. The fourth-order valence-electron chi connectivity index (χ4n) is 1.04. The Bertz CT molecular complexity index is 425. The van der Waals surface area contributed by atoms with Crippen molar-refractivity contribution in [2.24, 2.45) is 0 Å². The number of aromatic nitrogens is 2. The van der Waals surface area contributed by atoms with Crippen LogP contribution in [-0.4, -0.2) is 35.2 Å². The summed E-state index contributed by atoms with van der Waals surface area (Å²) in [4.78, 5) is 16.8. The number of carbonyl (C=O) groups is 1. The molecule has 15 heavy (non-hydrogen) atoms. The van der Waals surface area contributed by atoms with Crippen LogP contribution in [0, 0.1) is 0 Å². The Morgan fingerprint density at radius 3 is 2.87 bits per heavy atom. The molecule has 0 aliphatic heterocycles. The summed E-state index contributed by atoms with van der Waals surface area (Å²) >= 11 is 0. The zero-order chi connectivity index (χ0) is 11.5. The highest BCUT2D eigenvalue weighted by Crippen LogP contribution is 2.06. The van der Waals surface area contributed by atoms with Crippen molar-refractivity contribution in [3.63, 3.8) is 0 Å². The minimum atomic E-state index is -3.82. The van der Waals surface area contributed by atoms with Crippen LogP contribution in [0.15, 0.2) is 12.4 Å². The zero-order valence-electron chi connectivity index (χ0n) is 7.97. The van der Waals surface area contributed by atoms with Crippen molar-refractivity contribution in [1.82, 2.24) is 14.7 Å². The molecule has 0 bridgehead atoms. The number of hydrogen-bond acceptors (Lipinski definition) is 4. The summed E-state index contributed by atoms with van der Waals surface area (Å²) < 4.78 is 24.6. The van der Waals surface area contributed by atoms with Gasteiger partial charge in [0.1, 0.15) is 5.82 Å². The van der Waals surface area contributed by atoms with Crippen molar-refractivity contribution in [2.45, 2.75) is 13.0 Å². The predicted molar refractivity (Wildman–Crippen MR) is 51.6 cm³/mol. The van der Waals surface area contributed by atoms with E-state index in [4.69, 9.17) is 5.11 Å². The second kappa shape index (κ2) is 4.41. The van der Waals surface area contributed by atoms with E-state index in [-0.39, 0.29) is 0 Å². The van der Waals surface area contributed by atoms with Gasteiger partial charge in [0.05, 0.1) is 6.04 Å². The van der Waals surface area contributed by atoms with E-state index in [9.17, 15) is 13.2 Å². The molecule has 0 aliphatic carbocycles. The van der Waals surface area contributed by atoms with Gasteiger partial charge in [0, 0.05) is 12.4 Å². The summed E-state index contributed by atoms with van der Waals surface area (Å²) in [6.07, 6.45) is 3.04. The highest BCUT2D eigenvalue weighted by atomic mass is 32.2. The Morgan fingerprint density at radius 1 is 1.73 bits per heavy atom. The predicted octanol–water partition coefficient (Wildman–Crippen LogP) is -0.525. The molecule has 1 atom stereocenters. The second-order valence-electron chi connectivity index (χ2n) is 2.97. The van der Waals surface area contributed by atoms with Crippen LogP contribution in [0.5, 0.6) is 0 Å². The molecule has 1 rings (SSSR count).